The number of rotatable bonds is 4. The number of furan rings is 2. The number of nitrogens with zero attached hydrogens (tertiary/aromatic N) is 2. The van der Waals surface area contributed by atoms with Gasteiger partial charge in [-0.1, -0.05) is 109 Å². The third kappa shape index (κ3) is 4.56. The van der Waals surface area contributed by atoms with Gasteiger partial charge in [0.15, 0.2) is 11.2 Å². The first-order valence-corrected chi connectivity index (χ1v) is 21.0. The summed E-state index contributed by atoms with van der Waals surface area (Å²) in [5, 5.41) is 6.79. The van der Waals surface area contributed by atoms with Gasteiger partial charge < -0.3 is 18.3 Å². The number of hydrogen-bond donors (Lipinski definition) is 0. The van der Waals surface area contributed by atoms with Crippen molar-refractivity contribution in [1.29, 1.82) is 0 Å². The van der Waals surface area contributed by atoms with Crippen molar-refractivity contribution in [1.82, 2.24) is 4.57 Å². The van der Waals surface area contributed by atoms with Gasteiger partial charge in [-0.15, -0.1) is 0 Å². The molecule has 13 rings (SSSR count). The molecular formula is C56H40N2O2. The standard InChI is InChI=1S/C56H40N2O2/c1-55-29-12-11-18-47(55)48-34-38(28-30-56(48,2)58(55)40-15-7-4-8-16-40)37-22-27-52-46(33-37)43-24-23-42-45-32-36(21-26-51(45)59-53(42)54(43)60-52)35-20-25-50-44(31-35)41-17-9-10-19-49(41)57(50)39-13-5-3-6-14-39/h3-29,31-34,47H,30H2,1-2H3. The Labute approximate surface area is 347 Å². The fourth-order valence-electron chi connectivity index (χ4n) is 11.1. The molecular weight excluding hydrogens is 733 g/mol. The fourth-order valence-corrected chi connectivity index (χ4v) is 11.1. The molecule has 2 aliphatic carbocycles. The van der Waals surface area contributed by atoms with E-state index in [0.29, 0.717) is 0 Å². The van der Waals surface area contributed by atoms with Gasteiger partial charge in [0.05, 0.1) is 22.1 Å². The molecule has 0 N–H and O–H groups in total. The molecule has 0 saturated carbocycles. The van der Waals surface area contributed by atoms with Crippen molar-refractivity contribution in [3.63, 3.8) is 0 Å². The van der Waals surface area contributed by atoms with Gasteiger partial charge in [-0.25, -0.2) is 0 Å². The molecule has 10 aromatic rings. The molecule has 1 aliphatic heterocycles. The van der Waals surface area contributed by atoms with Crippen LogP contribution in [0.2, 0.25) is 0 Å². The molecule has 0 spiro atoms. The van der Waals surface area contributed by atoms with E-state index in [1.54, 1.807) is 0 Å². The topological polar surface area (TPSA) is 34.5 Å². The van der Waals surface area contributed by atoms with Gasteiger partial charge >= 0.3 is 0 Å². The van der Waals surface area contributed by atoms with E-state index in [0.717, 1.165) is 61.5 Å². The highest BCUT2D eigenvalue weighted by Gasteiger charge is 2.58. The first kappa shape index (κ1) is 33.6. The molecule has 3 unspecified atom stereocenters. The zero-order chi connectivity index (χ0) is 39.7. The SMILES string of the molecule is CC12CC=C(c3ccc4oc5c(ccc6c7cc(-c8ccc9c(c8)c8ccccc8n9-c8ccccc8)ccc7oc65)c4c3)C=C1C1C=CC=CC1(C)N2c1ccccc1. The minimum absolute atomic E-state index is 0.141. The number of benzene rings is 7. The van der Waals surface area contributed by atoms with Gasteiger partial charge in [-0.3, -0.25) is 0 Å². The lowest BCUT2D eigenvalue weighted by molar-refractivity contribution is 0.452. The summed E-state index contributed by atoms with van der Waals surface area (Å²) in [5.41, 5.74) is 14.1. The predicted molar refractivity (Wildman–Crippen MR) is 249 cm³/mol. The highest BCUT2D eigenvalue weighted by atomic mass is 16.4. The van der Waals surface area contributed by atoms with E-state index in [4.69, 9.17) is 8.83 Å². The highest BCUT2D eigenvalue weighted by Crippen LogP contribution is 2.57. The lowest BCUT2D eigenvalue weighted by Crippen LogP contribution is -2.52. The molecule has 1 saturated heterocycles. The molecule has 7 aromatic carbocycles. The van der Waals surface area contributed by atoms with Crippen molar-refractivity contribution in [2.45, 2.75) is 31.3 Å². The summed E-state index contributed by atoms with van der Waals surface area (Å²) >= 11 is 0. The third-order valence-electron chi connectivity index (χ3n) is 13.9. The first-order valence-electron chi connectivity index (χ1n) is 21.0. The summed E-state index contributed by atoms with van der Waals surface area (Å²) in [6, 6.07) is 54.7. The Morgan fingerprint density at radius 2 is 1.13 bits per heavy atom. The Kier molecular flexibility index (Phi) is 6.80. The molecule has 4 heterocycles. The Morgan fingerprint density at radius 3 is 1.87 bits per heavy atom. The van der Waals surface area contributed by atoms with Crippen molar-refractivity contribution in [3.05, 3.63) is 199 Å². The van der Waals surface area contributed by atoms with Crippen LogP contribution in [0.25, 0.3) is 88.1 Å². The highest BCUT2D eigenvalue weighted by molar-refractivity contribution is 6.19. The van der Waals surface area contributed by atoms with E-state index in [1.807, 2.05) is 0 Å². The van der Waals surface area contributed by atoms with Gasteiger partial charge in [-0.05, 0) is 127 Å². The third-order valence-corrected chi connectivity index (χ3v) is 13.9. The second-order valence-electron chi connectivity index (χ2n) is 17.2. The van der Waals surface area contributed by atoms with E-state index < -0.39 is 0 Å². The van der Waals surface area contributed by atoms with Crippen molar-refractivity contribution >= 4 is 76.9 Å². The molecule has 3 aromatic heterocycles. The number of fused-ring (bicyclic) bond motifs is 13. The molecule has 286 valence electrons. The second-order valence-corrected chi connectivity index (χ2v) is 17.2. The first-order chi connectivity index (χ1) is 29.5. The monoisotopic (exact) mass is 772 g/mol. The molecule has 0 amide bonds. The van der Waals surface area contributed by atoms with Gasteiger partial charge in [0.1, 0.15) is 11.2 Å². The van der Waals surface area contributed by atoms with Crippen LogP contribution in [-0.2, 0) is 0 Å². The van der Waals surface area contributed by atoms with Crippen molar-refractivity contribution in [2.75, 3.05) is 4.90 Å². The van der Waals surface area contributed by atoms with Crippen LogP contribution in [0.3, 0.4) is 0 Å². The van der Waals surface area contributed by atoms with Crippen LogP contribution in [0.1, 0.15) is 25.8 Å². The van der Waals surface area contributed by atoms with Crippen LogP contribution in [0.4, 0.5) is 5.69 Å². The van der Waals surface area contributed by atoms with Crippen LogP contribution in [0.5, 0.6) is 0 Å². The molecule has 3 aliphatic rings. The quantitative estimate of drug-likeness (QED) is 0.179. The summed E-state index contributed by atoms with van der Waals surface area (Å²) in [6.07, 6.45) is 15.0. The molecule has 4 nitrogen and oxygen atoms in total. The Bertz CT molecular complexity index is 3560. The zero-order valence-electron chi connectivity index (χ0n) is 33.4. The second kappa shape index (κ2) is 12.1. The fraction of sp³-hybridized carbons (Fsp3) is 0.107. The number of para-hydroxylation sites is 3. The lowest BCUT2D eigenvalue weighted by atomic mass is 9.74. The van der Waals surface area contributed by atoms with E-state index >= 15 is 0 Å². The predicted octanol–water partition coefficient (Wildman–Crippen LogP) is 14.7. The number of hydrogen-bond acceptors (Lipinski definition) is 3. The van der Waals surface area contributed by atoms with E-state index in [2.05, 4.69) is 211 Å². The van der Waals surface area contributed by atoms with Crippen LogP contribution in [0.15, 0.2) is 203 Å². The van der Waals surface area contributed by atoms with E-state index in [9.17, 15) is 0 Å². The minimum atomic E-state index is -0.152. The van der Waals surface area contributed by atoms with Gasteiger partial charge in [0.25, 0.3) is 0 Å². The summed E-state index contributed by atoms with van der Waals surface area (Å²) in [5.74, 6) is 0.279. The van der Waals surface area contributed by atoms with Gasteiger partial charge in [0, 0.05) is 49.6 Å². The summed E-state index contributed by atoms with van der Waals surface area (Å²) in [7, 11) is 0. The van der Waals surface area contributed by atoms with Gasteiger partial charge in [0.2, 0.25) is 0 Å². The van der Waals surface area contributed by atoms with Crippen molar-refractivity contribution in [2.24, 2.45) is 5.92 Å². The van der Waals surface area contributed by atoms with Crippen LogP contribution >= 0.6 is 0 Å². The summed E-state index contributed by atoms with van der Waals surface area (Å²) < 4.78 is 15.7. The largest absolute Gasteiger partial charge is 0.452 e. The van der Waals surface area contributed by atoms with Crippen molar-refractivity contribution < 1.29 is 8.83 Å². The molecule has 4 heteroatoms. The number of aromatic nitrogens is 1. The summed E-state index contributed by atoms with van der Waals surface area (Å²) in [6.45, 7) is 4.81. The Balaban J connectivity index is 0.888. The number of anilines is 1. The molecule has 0 bridgehead atoms. The average Bonchev–Trinajstić information content (AvgIpc) is 4.01. The Hall–Kier alpha value is -7.30. The van der Waals surface area contributed by atoms with Crippen LogP contribution < -0.4 is 4.90 Å². The minimum Gasteiger partial charge on any atom is -0.452 e. The summed E-state index contributed by atoms with van der Waals surface area (Å²) in [4.78, 5) is 2.66. The maximum Gasteiger partial charge on any atom is 0.178 e. The number of allylic oxidation sites excluding steroid dienone is 4. The molecule has 3 atom stereocenters. The average molecular weight is 773 g/mol. The van der Waals surface area contributed by atoms with Crippen LogP contribution in [-0.4, -0.2) is 15.6 Å². The van der Waals surface area contributed by atoms with Crippen LogP contribution in [0, 0.1) is 5.92 Å². The Morgan fingerprint density at radius 1 is 0.533 bits per heavy atom. The molecule has 60 heavy (non-hydrogen) atoms. The van der Waals surface area contributed by atoms with Gasteiger partial charge in [-0.2, -0.15) is 0 Å². The van der Waals surface area contributed by atoms with E-state index in [-0.39, 0.29) is 17.0 Å². The smallest absolute Gasteiger partial charge is 0.178 e. The lowest BCUT2D eigenvalue weighted by Gasteiger charge is -2.46. The van der Waals surface area contributed by atoms with Crippen molar-refractivity contribution in [3.8, 4) is 16.8 Å². The maximum absolute atomic E-state index is 6.66. The maximum atomic E-state index is 6.66. The van der Waals surface area contributed by atoms with E-state index in [1.165, 1.54) is 49.8 Å². The zero-order valence-corrected chi connectivity index (χ0v) is 33.4. The normalized spacial score (nSPS) is 21.1. The molecule has 0 radical (unpaired) electrons. The molecule has 1 fully saturated rings.